The lowest BCUT2D eigenvalue weighted by Gasteiger charge is -2.08. The Hall–Kier alpha value is -2.51. The van der Waals surface area contributed by atoms with Crippen LogP contribution in [0.3, 0.4) is 0 Å². The monoisotopic (exact) mass is 352 g/mol. The molecule has 1 N–H and O–H groups in total. The van der Waals surface area contributed by atoms with Crippen molar-refractivity contribution in [3.05, 3.63) is 53.3 Å². The number of fused-ring (bicyclic) bond motifs is 3. The SMILES string of the molecule is Cc1cnc(Sc2cc(/C=N/O)nc3c2ccc2cccnc23)s1. The Morgan fingerprint density at radius 2 is 2.12 bits per heavy atom. The Morgan fingerprint density at radius 1 is 1.21 bits per heavy atom. The van der Waals surface area contributed by atoms with Crippen LogP contribution in [0.25, 0.3) is 21.8 Å². The van der Waals surface area contributed by atoms with Crippen molar-refractivity contribution >= 4 is 51.1 Å². The Bertz CT molecular complexity index is 1070. The number of aryl methyl sites for hydroxylation is 1. The molecule has 0 aliphatic carbocycles. The van der Waals surface area contributed by atoms with E-state index in [2.05, 4.69) is 26.2 Å². The highest BCUT2D eigenvalue weighted by atomic mass is 32.2. The molecule has 24 heavy (non-hydrogen) atoms. The summed E-state index contributed by atoms with van der Waals surface area (Å²) in [6.45, 7) is 2.04. The molecule has 0 aliphatic rings. The maximum atomic E-state index is 8.89. The summed E-state index contributed by atoms with van der Waals surface area (Å²) in [6.07, 6.45) is 4.95. The van der Waals surface area contributed by atoms with E-state index in [-0.39, 0.29) is 0 Å². The van der Waals surface area contributed by atoms with E-state index in [0.717, 1.165) is 31.0 Å². The molecule has 4 aromatic rings. The summed E-state index contributed by atoms with van der Waals surface area (Å²) in [4.78, 5) is 15.7. The van der Waals surface area contributed by atoms with Crippen molar-refractivity contribution < 1.29 is 5.21 Å². The van der Waals surface area contributed by atoms with E-state index < -0.39 is 0 Å². The smallest absolute Gasteiger partial charge is 0.154 e. The number of aromatic nitrogens is 3. The molecular weight excluding hydrogens is 340 g/mol. The van der Waals surface area contributed by atoms with Crippen molar-refractivity contribution in [1.29, 1.82) is 0 Å². The molecule has 0 amide bonds. The first-order chi connectivity index (χ1) is 11.7. The normalized spacial score (nSPS) is 11.7. The second kappa shape index (κ2) is 6.18. The van der Waals surface area contributed by atoms with Gasteiger partial charge in [-0.3, -0.25) is 4.98 Å². The number of nitrogens with zero attached hydrogens (tertiary/aromatic N) is 4. The number of oxime groups is 1. The molecule has 0 aliphatic heterocycles. The summed E-state index contributed by atoms with van der Waals surface area (Å²) in [5, 5.41) is 14.0. The highest BCUT2D eigenvalue weighted by molar-refractivity contribution is 8.01. The molecule has 5 nitrogen and oxygen atoms in total. The average Bonchev–Trinajstić information content (AvgIpc) is 3.00. The zero-order valence-corrected chi connectivity index (χ0v) is 14.3. The fraction of sp³-hybridized carbons (Fsp3) is 0.0588. The molecule has 0 saturated carbocycles. The first kappa shape index (κ1) is 15.0. The van der Waals surface area contributed by atoms with Gasteiger partial charge < -0.3 is 5.21 Å². The van der Waals surface area contributed by atoms with E-state index >= 15 is 0 Å². The first-order valence-electron chi connectivity index (χ1n) is 7.21. The lowest BCUT2D eigenvalue weighted by atomic mass is 10.1. The molecule has 0 spiro atoms. The molecule has 0 radical (unpaired) electrons. The predicted octanol–water partition coefficient (Wildman–Crippen LogP) is 4.51. The van der Waals surface area contributed by atoms with Crippen LogP contribution in [0.1, 0.15) is 10.6 Å². The van der Waals surface area contributed by atoms with Crippen LogP contribution >= 0.6 is 23.1 Å². The molecule has 7 heteroatoms. The van der Waals surface area contributed by atoms with Gasteiger partial charge in [-0.2, -0.15) is 0 Å². The quantitative estimate of drug-likeness (QED) is 0.254. The zero-order valence-electron chi connectivity index (χ0n) is 12.7. The zero-order chi connectivity index (χ0) is 16.5. The minimum absolute atomic E-state index is 0.582. The Balaban J connectivity index is 1.98. The van der Waals surface area contributed by atoms with Crippen molar-refractivity contribution in [2.24, 2.45) is 5.16 Å². The van der Waals surface area contributed by atoms with Crippen LogP contribution in [0.5, 0.6) is 0 Å². The second-order valence-electron chi connectivity index (χ2n) is 5.17. The molecule has 3 heterocycles. The van der Waals surface area contributed by atoms with Crippen molar-refractivity contribution in [3.8, 4) is 0 Å². The number of hydrogen-bond acceptors (Lipinski definition) is 7. The van der Waals surface area contributed by atoms with E-state index in [1.54, 1.807) is 29.3 Å². The van der Waals surface area contributed by atoms with Crippen LogP contribution in [0.4, 0.5) is 0 Å². The van der Waals surface area contributed by atoms with Gasteiger partial charge in [-0.1, -0.05) is 35.1 Å². The summed E-state index contributed by atoms with van der Waals surface area (Å²) >= 11 is 3.23. The highest BCUT2D eigenvalue weighted by Gasteiger charge is 2.12. The number of pyridine rings is 2. The van der Waals surface area contributed by atoms with Crippen LogP contribution in [0.2, 0.25) is 0 Å². The first-order valence-corrected chi connectivity index (χ1v) is 8.84. The van der Waals surface area contributed by atoms with Crippen molar-refractivity contribution in [1.82, 2.24) is 15.0 Å². The molecule has 3 aromatic heterocycles. The number of benzene rings is 1. The largest absolute Gasteiger partial charge is 0.411 e. The maximum absolute atomic E-state index is 8.89. The van der Waals surface area contributed by atoms with Gasteiger partial charge in [0.05, 0.1) is 22.9 Å². The molecule has 0 saturated heterocycles. The van der Waals surface area contributed by atoms with Crippen LogP contribution in [-0.2, 0) is 0 Å². The van der Waals surface area contributed by atoms with E-state index in [0.29, 0.717) is 5.69 Å². The van der Waals surface area contributed by atoms with Crippen LogP contribution in [-0.4, -0.2) is 26.4 Å². The van der Waals surface area contributed by atoms with Crippen molar-refractivity contribution in [3.63, 3.8) is 0 Å². The van der Waals surface area contributed by atoms with Gasteiger partial charge in [-0.05, 0) is 19.1 Å². The molecule has 0 bridgehead atoms. The van der Waals surface area contributed by atoms with Gasteiger partial charge in [-0.25, -0.2) is 9.97 Å². The van der Waals surface area contributed by atoms with E-state index in [1.165, 1.54) is 11.1 Å². The lowest BCUT2D eigenvalue weighted by molar-refractivity contribution is 0.321. The Morgan fingerprint density at radius 3 is 2.92 bits per heavy atom. The van der Waals surface area contributed by atoms with Gasteiger partial charge in [0, 0.05) is 32.9 Å². The minimum atomic E-state index is 0.582. The average molecular weight is 352 g/mol. The highest BCUT2D eigenvalue weighted by Crippen LogP contribution is 2.37. The van der Waals surface area contributed by atoms with Gasteiger partial charge in [-0.15, -0.1) is 11.3 Å². The lowest BCUT2D eigenvalue weighted by Crippen LogP contribution is -1.93. The summed E-state index contributed by atoms with van der Waals surface area (Å²) in [7, 11) is 0. The van der Waals surface area contributed by atoms with Gasteiger partial charge in [0.2, 0.25) is 0 Å². The predicted molar refractivity (Wildman–Crippen MR) is 97.4 cm³/mol. The van der Waals surface area contributed by atoms with Crippen LogP contribution in [0, 0.1) is 6.92 Å². The number of rotatable bonds is 3. The fourth-order valence-corrected chi connectivity index (χ4v) is 4.56. The third-order valence-corrected chi connectivity index (χ3v) is 5.57. The van der Waals surface area contributed by atoms with Crippen molar-refractivity contribution in [2.75, 3.05) is 0 Å². The topological polar surface area (TPSA) is 71.3 Å². The van der Waals surface area contributed by atoms with Crippen LogP contribution in [0.15, 0.2) is 57.1 Å². The molecular formula is C17H12N4OS2. The molecule has 1 aromatic carbocycles. The Labute approximate surface area is 146 Å². The maximum Gasteiger partial charge on any atom is 0.154 e. The molecule has 118 valence electrons. The standard InChI is InChI=1S/C17H12N4OS2/c1-10-8-19-17(23-10)24-14-7-12(9-20-22)21-16-13(14)5-4-11-3-2-6-18-15(11)16/h2-9,22H,1H3/b20-9+. The summed E-state index contributed by atoms with van der Waals surface area (Å²) in [5.74, 6) is 0. The molecule has 0 unspecified atom stereocenters. The van der Waals surface area contributed by atoms with Crippen LogP contribution < -0.4 is 0 Å². The molecule has 0 fully saturated rings. The number of hydrogen-bond donors (Lipinski definition) is 1. The van der Waals surface area contributed by atoms with E-state index in [4.69, 9.17) is 5.21 Å². The second-order valence-corrected chi connectivity index (χ2v) is 7.69. The summed E-state index contributed by atoms with van der Waals surface area (Å²) in [6, 6.07) is 9.91. The third-order valence-electron chi connectivity index (χ3n) is 3.52. The van der Waals surface area contributed by atoms with E-state index in [1.807, 2.05) is 37.4 Å². The molecule has 4 rings (SSSR count). The van der Waals surface area contributed by atoms with Crippen molar-refractivity contribution in [2.45, 2.75) is 16.2 Å². The third kappa shape index (κ3) is 2.72. The fourth-order valence-electron chi connectivity index (χ4n) is 2.50. The van der Waals surface area contributed by atoms with E-state index in [9.17, 15) is 0 Å². The van der Waals surface area contributed by atoms with Gasteiger partial charge in [0.25, 0.3) is 0 Å². The Kier molecular flexibility index (Phi) is 3.87. The van der Waals surface area contributed by atoms with Gasteiger partial charge in [0.15, 0.2) is 4.34 Å². The number of thiazole rings is 1. The van der Waals surface area contributed by atoms with Gasteiger partial charge >= 0.3 is 0 Å². The minimum Gasteiger partial charge on any atom is -0.411 e. The summed E-state index contributed by atoms with van der Waals surface area (Å²) in [5.41, 5.74) is 2.21. The summed E-state index contributed by atoms with van der Waals surface area (Å²) < 4.78 is 0.966. The molecule has 0 atom stereocenters. The van der Waals surface area contributed by atoms with Gasteiger partial charge in [0.1, 0.15) is 0 Å².